The first kappa shape index (κ1) is 19.2. The first-order valence-corrected chi connectivity index (χ1v) is 9.39. The first-order chi connectivity index (χ1) is 12.9. The van der Waals surface area contributed by atoms with Crippen LogP contribution in [-0.2, 0) is 0 Å². The van der Waals surface area contributed by atoms with E-state index in [2.05, 4.69) is 5.32 Å². The van der Waals surface area contributed by atoms with Crippen molar-refractivity contribution in [2.75, 3.05) is 25.5 Å². The number of carbonyl (C=O) groups excluding carboxylic acids is 1. The molecular formula is C22H28N2O3. The van der Waals surface area contributed by atoms with Gasteiger partial charge < -0.3 is 20.1 Å². The monoisotopic (exact) mass is 368 g/mol. The molecule has 1 atom stereocenters. The maximum atomic E-state index is 12.7. The number of nitrogens with zero attached hydrogens (tertiary/aromatic N) is 1. The van der Waals surface area contributed by atoms with E-state index in [-0.39, 0.29) is 11.9 Å². The Labute approximate surface area is 161 Å². The van der Waals surface area contributed by atoms with Crippen LogP contribution in [0, 0.1) is 5.92 Å². The van der Waals surface area contributed by atoms with Gasteiger partial charge in [0.05, 0.1) is 12.7 Å². The van der Waals surface area contributed by atoms with E-state index in [1.54, 1.807) is 12.0 Å². The lowest BCUT2D eigenvalue weighted by molar-refractivity contribution is -0.00973. The standard InChI is InChI=1S/C22H28N2O3/c1-22(2,26)18-9-6-12-24(15-18)21(25)23-19-10-4-7-16(13-19)17-8-5-11-20(14-17)27-3/h4-5,7-8,10-11,13-14,18,26H,6,9,12,15H2,1-3H3,(H,23,25)/t18-/m1/s1. The first-order valence-electron chi connectivity index (χ1n) is 9.39. The highest BCUT2D eigenvalue weighted by Gasteiger charge is 2.33. The van der Waals surface area contributed by atoms with Crippen molar-refractivity contribution in [2.24, 2.45) is 5.92 Å². The average molecular weight is 368 g/mol. The van der Waals surface area contributed by atoms with Gasteiger partial charge in [0, 0.05) is 24.7 Å². The van der Waals surface area contributed by atoms with Gasteiger partial charge in [0.1, 0.15) is 5.75 Å². The third kappa shape index (κ3) is 4.80. The number of hydrogen-bond donors (Lipinski definition) is 2. The summed E-state index contributed by atoms with van der Waals surface area (Å²) in [5.74, 6) is 0.896. The van der Waals surface area contributed by atoms with E-state index < -0.39 is 5.60 Å². The van der Waals surface area contributed by atoms with E-state index in [4.69, 9.17) is 4.74 Å². The summed E-state index contributed by atoms with van der Waals surface area (Å²) in [5, 5.41) is 13.3. The van der Waals surface area contributed by atoms with Crippen LogP contribution in [0.15, 0.2) is 48.5 Å². The molecule has 2 aromatic rings. The van der Waals surface area contributed by atoms with Crippen LogP contribution in [0.4, 0.5) is 10.5 Å². The molecule has 0 unspecified atom stereocenters. The highest BCUT2D eigenvalue weighted by molar-refractivity contribution is 5.90. The van der Waals surface area contributed by atoms with Crippen molar-refractivity contribution < 1.29 is 14.6 Å². The molecule has 0 spiro atoms. The average Bonchev–Trinajstić information content (AvgIpc) is 2.67. The van der Waals surface area contributed by atoms with Gasteiger partial charge in [0.25, 0.3) is 0 Å². The van der Waals surface area contributed by atoms with Gasteiger partial charge in [0.2, 0.25) is 0 Å². The Balaban J connectivity index is 1.71. The van der Waals surface area contributed by atoms with Gasteiger partial charge in [0.15, 0.2) is 0 Å². The Kier molecular flexibility index (Phi) is 5.71. The lowest BCUT2D eigenvalue weighted by atomic mass is 9.84. The fourth-order valence-electron chi connectivity index (χ4n) is 3.52. The molecule has 5 nitrogen and oxygen atoms in total. The summed E-state index contributed by atoms with van der Waals surface area (Å²) < 4.78 is 5.29. The molecule has 0 radical (unpaired) electrons. The Morgan fingerprint density at radius 3 is 2.59 bits per heavy atom. The molecule has 1 fully saturated rings. The van der Waals surface area contributed by atoms with Crippen molar-refractivity contribution >= 4 is 11.7 Å². The van der Waals surface area contributed by atoms with Gasteiger partial charge >= 0.3 is 6.03 Å². The van der Waals surface area contributed by atoms with E-state index in [1.165, 1.54) is 0 Å². The van der Waals surface area contributed by atoms with Crippen molar-refractivity contribution in [2.45, 2.75) is 32.3 Å². The van der Waals surface area contributed by atoms with E-state index in [0.717, 1.165) is 35.4 Å². The van der Waals surface area contributed by atoms with Crippen LogP contribution in [0.25, 0.3) is 11.1 Å². The topological polar surface area (TPSA) is 61.8 Å². The fraction of sp³-hybridized carbons (Fsp3) is 0.409. The highest BCUT2D eigenvalue weighted by atomic mass is 16.5. The Hall–Kier alpha value is -2.53. The molecule has 2 amide bonds. The Bertz CT molecular complexity index is 798. The third-order valence-corrected chi connectivity index (χ3v) is 5.22. The van der Waals surface area contributed by atoms with E-state index in [0.29, 0.717) is 13.1 Å². The van der Waals surface area contributed by atoms with Gasteiger partial charge in [-0.15, -0.1) is 0 Å². The lowest BCUT2D eigenvalue weighted by Crippen LogP contribution is -2.48. The van der Waals surface area contributed by atoms with Crippen LogP contribution in [0.5, 0.6) is 5.75 Å². The van der Waals surface area contributed by atoms with E-state index in [9.17, 15) is 9.90 Å². The molecule has 3 rings (SSSR count). The molecule has 1 aliphatic heterocycles. The van der Waals surface area contributed by atoms with Gasteiger partial charge in [-0.1, -0.05) is 24.3 Å². The molecule has 1 aliphatic rings. The van der Waals surface area contributed by atoms with Crippen LogP contribution < -0.4 is 10.1 Å². The molecule has 0 bridgehead atoms. The molecule has 0 aromatic heterocycles. The molecule has 144 valence electrons. The number of hydrogen-bond acceptors (Lipinski definition) is 3. The van der Waals surface area contributed by atoms with Crippen LogP contribution >= 0.6 is 0 Å². The Morgan fingerprint density at radius 2 is 1.89 bits per heavy atom. The number of urea groups is 1. The van der Waals surface area contributed by atoms with Crippen LogP contribution in [0.1, 0.15) is 26.7 Å². The van der Waals surface area contributed by atoms with Crippen molar-refractivity contribution in [1.29, 1.82) is 0 Å². The summed E-state index contributed by atoms with van der Waals surface area (Å²) in [6.45, 7) is 4.92. The molecule has 27 heavy (non-hydrogen) atoms. The predicted molar refractivity (Wildman–Crippen MR) is 108 cm³/mol. The molecule has 1 saturated heterocycles. The molecule has 1 heterocycles. The number of carbonyl (C=O) groups is 1. The maximum Gasteiger partial charge on any atom is 0.321 e. The largest absolute Gasteiger partial charge is 0.497 e. The zero-order valence-electron chi connectivity index (χ0n) is 16.2. The fourth-order valence-corrected chi connectivity index (χ4v) is 3.52. The number of anilines is 1. The minimum absolute atomic E-state index is 0.0973. The van der Waals surface area contributed by atoms with Crippen molar-refractivity contribution in [3.05, 3.63) is 48.5 Å². The predicted octanol–water partition coefficient (Wildman–Crippen LogP) is 4.38. The number of piperidine rings is 1. The second kappa shape index (κ2) is 8.01. The number of aliphatic hydroxyl groups is 1. The van der Waals surface area contributed by atoms with Crippen LogP contribution in [0.3, 0.4) is 0 Å². The van der Waals surface area contributed by atoms with Crippen LogP contribution in [-0.4, -0.2) is 41.8 Å². The third-order valence-electron chi connectivity index (χ3n) is 5.22. The van der Waals surface area contributed by atoms with Crippen LogP contribution in [0.2, 0.25) is 0 Å². The number of methoxy groups -OCH3 is 1. The second-order valence-electron chi connectivity index (χ2n) is 7.68. The summed E-state index contributed by atoms with van der Waals surface area (Å²) in [6, 6.07) is 15.5. The molecule has 5 heteroatoms. The zero-order valence-corrected chi connectivity index (χ0v) is 16.2. The molecule has 2 N–H and O–H groups in total. The lowest BCUT2D eigenvalue weighted by Gasteiger charge is -2.38. The quantitative estimate of drug-likeness (QED) is 0.842. The van der Waals surface area contributed by atoms with Gasteiger partial charge in [-0.05, 0) is 62.1 Å². The van der Waals surface area contributed by atoms with Gasteiger partial charge in [-0.25, -0.2) is 4.79 Å². The zero-order chi connectivity index (χ0) is 19.4. The molecule has 0 saturated carbocycles. The highest BCUT2D eigenvalue weighted by Crippen LogP contribution is 2.28. The minimum Gasteiger partial charge on any atom is -0.497 e. The number of nitrogens with one attached hydrogen (secondary N) is 1. The second-order valence-corrected chi connectivity index (χ2v) is 7.68. The summed E-state index contributed by atoms with van der Waals surface area (Å²) >= 11 is 0. The van der Waals surface area contributed by atoms with E-state index in [1.807, 2.05) is 62.4 Å². The summed E-state index contributed by atoms with van der Waals surface area (Å²) in [4.78, 5) is 14.5. The molecule has 0 aliphatic carbocycles. The Morgan fingerprint density at radius 1 is 1.19 bits per heavy atom. The van der Waals surface area contributed by atoms with Crippen molar-refractivity contribution in [3.8, 4) is 16.9 Å². The summed E-state index contributed by atoms with van der Waals surface area (Å²) in [7, 11) is 1.65. The SMILES string of the molecule is COc1cccc(-c2cccc(NC(=O)N3CCC[C@@H](C(C)(C)O)C3)c2)c1. The molecule has 2 aromatic carbocycles. The maximum absolute atomic E-state index is 12.7. The number of ether oxygens (including phenoxy) is 1. The van der Waals surface area contributed by atoms with Crippen molar-refractivity contribution in [1.82, 2.24) is 4.90 Å². The number of likely N-dealkylation sites (tertiary alicyclic amines) is 1. The van der Waals surface area contributed by atoms with E-state index >= 15 is 0 Å². The smallest absolute Gasteiger partial charge is 0.321 e. The molecular weight excluding hydrogens is 340 g/mol. The normalized spacial score (nSPS) is 17.5. The van der Waals surface area contributed by atoms with Crippen molar-refractivity contribution in [3.63, 3.8) is 0 Å². The minimum atomic E-state index is -0.773. The van der Waals surface area contributed by atoms with Gasteiger partial charge in [-0.3, -0.25) is 0 Å². The summed E-state index contributed by atoms with van der Waals surface area (Å²) in [6.07, 6.45) is 1.85. The number of amides is 2. The summed E-state index contributed by atoms with van der Waals surface area (Å²) in [5.41, 5.74) is 2.03. The van der Waals surface area contributed by atoms with Gasteiger partial charge in [-0.2, -0.15) is 0 Å². The number of rotatable bonds is 4. The number of benzene rings is 2.